The van der Waals surface area contributed by atoms with E-state index in [0.29, 0.717) is 33.7 Å². The lowest BCUT2D eigenvalue weighted by Gasteiger charge is -2.25. The van der Waals surface area contributed by atoms with Gasteiger partial charge in [-0.2, -0.15) is 0 Å². The van der Waals surface area contributed by atoms with Crippen LogP contribution in [-0.2, 0) is 13.0 Å². The molecule has 212 valence electrons. The molecule has 8 nitrogen and oxygen atoms in total. The number of carbonyl (C=O) groups is 1. The second kappa shape index (κ2) is 11.3. The Morgan fingerprint density at radius 1 is 1.02 bits per heavy atom. The standard InChI is InChI=1S/C31H27F2N7OS/c1-39-14-12-18-9-10-21(15-20(18)17-39)36-31-35-13-11-25(37-31)28-27(38-30(34)42-28)19-5-3-6-22(16-19)40(2)29(41)26-23(32)7-4-8-24(26)33/h3-11,13,15-16H,12,14,17H2,1-2H3,(H2,34,38)(H,35,36,37). The number of anilines is 4. The van der Waals surface area contributed by atoms with E-state index in [0.717, 1.165) is 42.2 Å². The molecule has 0 spiro atoms. The molecular weight excluding hydrogens is 556 g/mol. The zero-order valence-electron chi connectivity index (χ0n) is 22.9. The Morgan fingerprint density at radius 2 is 1.81 bits per heavy atom. The van der Waals surface area contributed by atoms with Crippen molar-refractivity contribution in [2.75, 3.05) is 36.6 Å². The number of nitrogens with two attached hydrogens (primary N) is 1. The van der Waals surface area contributed by atoms with Crippen LogP contribution in [0.25, 0.3) is 21.8 Å². The lowest BCUT2D eigenvalue weighted by atomic mass is 9.99. The lowest BCUT2D eigenvalue weighted by molar-refractivity contribution is 0.0985. The minimum atomic E-state index is -0.923. The maximum atomic E-state index is 14.3. The van der Waals surface area contributed by atoms with Crippen LogP contribution in [0.4, 0.5) is 31.2 Å². The molecule has 3 heterocycles. The van der Waals surface area contributed by atoms with Crippen molar-refractivity contribution in [3.63, 3.8) is 0 Å². The molecule has 42 heavy (non-hydrogen) atoms. The number of benzene rings is 3. The van der Waals surface area contributed by atoms with Crippen molar-refractivity contribution in [1.82, 2.24) is 19.9 Å². The summed E-state index contributed by atoms with van der Waals surface area (Å²) >= 11 is 1.28. The van der Waals surface area contributed by atoms with Crippen molar-refractivity contribution < 1.29 is 13.6 Å². The molecule has 11 heteroatoms. The summed E-state index contributed by atoms with van der Waals surface area (Å²) in [5.41, 5.74) is 11.3. The highest BCUT2D eigenvalue weighted by Crippen LogP contribution is 2.38. The molecule has 1 aliphatic heterocycles. The number of nitrogens with zero attached hydrogens (tertiary/aromatic N) is 5. The predicted molar refractivity (Wildman–Crippen MR) is 162 cm³/mol. The summed E-state index contributed by atoms with van der Waals surface area (Å²) in [6, 6.07) is 18.4. The predicted octanol–water partition coefficient (Wildman–Crippen LogP) is 6.14. The van der Waals surface area contributed by atoms with E-state index in [1.807, 2.05) is 12.1 Å². The van der Waals surface area contributed by atoms with Crippen molar-refractivity contribution in [2.45, 2.75) is 13.0 Å². The minimum Gasteiger partial charge on any atom is -0.375 e. The van der Waals surface area contributed by atoms with Gasteiger partial charge in [-0.25, -0.2) is 23.7 Å². The lowest BCUT2D eigenvalue weighted by Crippen LogP contribution is -2.28. The van der Waals surface area contributed by atoms with Crippen molar-refractivity contribution in [1.29, 1.82) is 0 Å². The highest BCUT2D eigenvalue weighted by atomic mass is 32.1. The van der Waals surface area contributed by atoms with E-state index in [-0.39, 0.29) is 0 Å². The van der Waals surface area contributed by atoms with E-state index in [1.165, 1.54) is 40.5 Å². The van der Waals surface area contributed by atoms with Crippen molar-refractivity contribution >= 4 is 39.7 Å². The second-order valence-electron chi connectivity index (χ2n) is 10.1. The number of fused-ring (bicyclic) bond motifs is 1. The molecule has 1 amide bonds. The van der Waals surface area contributed by atoms with Gasteiger partial charge in [-0.05, 0) is 67.1 Å². The van der Waals surface area contributed by atoms with Crippen molar-refractivity contribution in [2.24, 2.45) is 0 Å². The van der Waals surface area contributed by atoms with Crippen LogP contribution in [0.3, 0.4) is 0 Å². The van der Waals surface area contributed by atoms with Gasteiger partial charge in [0.1, 0.15) is 17.2 Å². The van der Waals surface area contributed by atoms with Crippen LogP contribution in [0, 0.1) is 11.6 Å². The summed E-state index contributed by atoms with van der Waals surface area (Å²) in [5, 5.41) is 3.66. The maximum Gasteiger partial charge on any atom is 0.263 e. The third-order valence-corrected chi connectivity index (χ3v) is 8.09. The molecule has 0 saturated heterocycles. The van der Waals surface area contributed by atoms with Gasteiger partial charge in [-0.1, -0.05) is 35.6 Å². The number of halogens is 2. The summed E-state index contributed by atoms with van der Waals surface area (Å²) in [5.74, 6) is -2.22. The minimum absolute atomic E-state index is 0.343. The fourth-order valence-electron chi connectivity index (χ4n) is 5.01. The van der Waals surface area contributed by atoms with Crippen LogP contribution in [-0.4, -0.2) is 46.4 Å². The van der Waals surface area contributed by atoms with Gasteiger partial charge in [0, 0.05) is 43.3 Å². The summed E-state index contributed by atoms with van der Waals surface area (Å²) < 4.78 is 28.6. The van der Waals surface area contributed by atoms with E-state index >= 15 is 0 Å². The number of likely N-dealkylation sites (N-methyl/N-ethyl adjacent to an activating group) is 1. The summed E-state index contributed by atoms with van der Waals surface area (Å²) in [4.78, 5) is 30.9. The molecule has 0 saturated carbocycles. The first-order valence-electron chi connectivity index (χ1n) is 13.3. The number of hydrogen-bond donors (Lipinski definition) is 2. The molecular formula is C31H27F2N7OS. The average Bonchev–Trinajstić information content (AvgIpc) is 3.38. The first-order valence-corrected chi connectivity index (χ1v) is 14.1. The molecule has 0 unspecified atom stereocenters. The third-order valence-electron chi connectivity index (χ3n) is 7.19. The van der Waals surface area contributed by atoms with Crippen molar-refractivity contribution in [3.05, 3.63) is 101 Å². The largest absolute Gasteiger partial charge is 0.375 e. The Hall–Kier alpha value is -4.74. The molecule has 6 rings (SSSR count). The second-order valence-corrected chi connectivity index (χ2v) is 11.1. The summed E-state index contributed by atoms with van der Waals surface area (Å²) in [7, 11) is 3.58. The number of thiazole rings is 1. The van der Waals surface area contributed by atoms with Gasteiger partial charge in [-0.15, -0.1) is 0 Å². The Kier molecular flexibility index (Phi) is 7.36. The van der Waals surface area contributed by atoms with E-state index in [4.69, 9.17) is 10.7 Å². The Labute approximate surface area is 245 Å². The number of nitrogen functional groups attached to an aromatic ring is 1. The van der Waals surface area contributed by atoms with Crippen LogP contribution in [0.15, 0.2) is 72.9 Å². The number of rotatable bonds is 6. The van der Waals surface area contributed by atoms with Crippen LogP contribution in [0.5, 0.6) is 0 Å². The van der Waals surface area contributed by atoms with Crippen LogP contribution >= 0.6 is 11.3 Å². The molecule has 3 aromatic carbocycles. The number of aromatic nitrogens is 3. The highest BCUT2D eigenvalue weighted by Gasteiger charge is 2.23. The monoisotopic (exact) mass is 583 g/mol. The first-order chi connectivity index (χ1) is 20.3. The van der Waals surface area contributed by atoms with Gasteiger partial charge < -0.3 is 20.9 Å². The van der Waals surface area contributed by atoms with Crippen LogP contribution in [0.1, 0.15) is 21.5 Å². The van der Waals surface area contributed by atoms with Gasteiger partial charge in [0.15, 0.2) is 5.13 Å². The normalized spacial score (nSPS) is 13.0. The Bertz CT molecular complexity index is 1790. The SMILES string of the molecule is CN1CCc2ccc(Nc3nccc(-c4sc(N)nc4-c4cccc(N(C)C(=O)c5c(F)cccc5F)c4)n3)cc2C1. The number of amides is 1. The number of carbonyl (C=O) groups excluding carboxylic acids is 1. The average molecular weight is 584 g/mol. The van der Waals surface area contributed by atoms with E-state index in [1.54, 1.807) is 30.5 Å². The van der Waals surface area contributed by atoms with Crippen LogP contribution in [0.2, 0.25) is 0 Å². The quantitative estimate of drug-likeness (QED) is 0.248. The summed E-state index contributed by atoms with van der Waals surface area (Å²) in [6.07, 6.45) is 2.70. The van der Waals surface area contributed by atoms with Gasteiger partial charge in [0.2, 0.25) is 5.95 Å². The molecule has 0 fully saturated rings. The Balaban J connectivity index is 1.29. The van der Waals surface area contributed by atoms with Gasteiger partial charge in [-0.3, -0.25) is 4.79 Å². The van der Waals surface area contributed by atoms with Crippen molar-refractivity contribution in [3.8, 4) is 21.8 Å². The third kappa shape index (κ3) is 5.44. The van der Waals surface area contributed by atoms with E-state index in [2.05, 4.69) is 39.4 Å². The van der Waals surface area contributed by atoms with Crippen LogP contribution < -0.4 is 16.0 Å². The molecule has 0 radical (unpaired) electrons. The molecule has 0 bridgehead atoms. The fourth-order valence-corrected chi connectivity index (χ4v) is 5.83. The zero-order valence-corrected chi connectivity index (χ0v) is 23.8. The Morgan fingerprint density at radius 3 is 2.62 bits per heavy atom. The van der Waals surface area contributed by atoms with Gasteiger partial charge >= 0.3 is 0 Å². The molecule has 3 N–H and O–H groups in total. The molecule has 1 aliphatic rings. The number of hydrogen-bond acceptors (Lipinski definition) is 8. The molecule has 0 aliphatic carbocycles. The molecule has 5 aromatic rings. The van der Waals surface area contributed by atoms with E-state index in [9.17, 15) is 13.6 Å². The van der Waals surface area contributed by atoms with Gasteiger partial charge in [0.25, 0.3) is 5.91 Å². The topological polar surface area (TPSA) is 100 Å². The van der Waals surface area contributed by atoms with Gasteiger partial charge in [0.05, 0.1) is 16.3 Å². The fraction of sp³-hybridized carbons (Fsp3) is 0.161. The molecule has 2 aromatic heterocycles. The first kappa shape index (κ1) is 27.4. The van der Waals surface area contributed by atoms with E-state index < -0.39 is 23.1 Å². The maximum absolute atomic E-state index is 14.3. The number of nitrogens with one attached hydrogen (secondary N) is 1. The smallest absolute Gasteiger partial charge is 0.263 e. The summed E-state index contributed by atoms with van der Waals surface area (Å²) in [6.45, 7) is 1.94. The highest BCUT2D eigenvalue weighted by molar-refractivity contribution is 7.19. The zero-order chi connectivity index (χ0) is 29.4. The molecule has 0 atom stereocenters.